The van der Waals surface area contributed by atoms with Gasteiger partial charge in [-0.1, -0.05) is 6.92 Å². The van der Waals surface area contributed by atoms with E-state index < -0.39 is 34.0 Å². The monoisotopic (exact) mass is 370 g/mol. The van der Waals surface area contributed by atoms with Gasteiger partial charge in [-0.3, -0.25) is 4.79 Å². The summed E-state index contributed by atoms with van der Waals surface area (Å²) in [4.78, 5) is 23.6. The molecule has 0 unspecified atom stereocenters. The number of amides is 1. The number of ether oxygens (including phenoxy) is 1. The maximum Gasteiger partial charge on any atom is 0.338 e. The molecule has 0 radical (unpaired) electrons. The van der Waals surface area contributed by atoms with Gasteiger partial charge in [0.25, 0.3) is 5.91 Å². The summed E-state index contributed by atoms with van der Waals surface area (Å²) in [7, 11) is -3.63. The van der Waals surface area contributed by atoms with Crippen molar-refractivity contribution in [3.63, 3.8) is 0 Å². The lowest BCUT2D eigenvalue weighted by Crippen LogP contribution is -2.42. The molecule has 0 bridgehead atoms. The Morgan fingerprint density at radius 1 is 1.16 bits per heavy atom. The summed E-state index contributed by atoms with van der Waals surface area (Å²) in [5.74, 6) is -1.10. The average molecular weight is 370 g/mol. The fourth-order valence-electron chi connectivity index (χ4n) is 1.86. The van der Waals surface area contributed by atoms with Crippen LogP contribution in [0.2, 0.25) is 0 Å². The van der Waals surface area contributed by atoms with Gasteiger partial charge in [0, 0.05) is 11.6 Å². The topological polar surface area (TPSA) is 102 Å². The molecule has 0 saturated heterocycles. The number of benzene rings is 1. The first-order valence-corrected chi connectivity index (χ1v) is 9.53. The number of sulfonamides is 1. The van der Waals surface area contributed by atoms with Crippen LogP contribution in [0.5, 0.6) is 0 Å². The van der Waals surface area contributed by atoms with Gasteiger partial charge in [-0.05, 0) is 58.4 Å². The van der Waals surface area contributed by atoms with Crippen LogP contribution < -0.4 is 10.0 Å². The SMILES string of the molecule is CC[C@H](C)NS(=O)(=O)c1ccc(C(=O)OCC(=O)NC(C)(C)C)cc1. The summed E-state index contributed by atoms with van der Waals surface area (Å²) < 4.78 is 31.8. The lowest BCUT2D eigenvalue weighted by molar-refractivity contribution is -0.125. The first-order chi connectivity index (χ1) is 11.4. The molecule has 7 nitrogen and oxygen atoms in total. The van der Waals surface area contributed by atoms with Crippen LogP contribution in [0.1, 0.15) is 51.4 Å². The van der Waals surface area contributed by atoms with E-state index >= 15 is 0 Å². The Morgan fingerprint density at radius 3 is 2.20 bits per heavy atom. The van der Waals surface area contributed by atoms with Gasteiger partial charge in [-0.25, -0.2) is 17.9 Å². The van der Waals surface area contributed by atoms with E-state index in [0.717, 1.165) is 0 Å². The fourth-order valence-corrected chi connectivity index (χ4v) is 3.18. The number of nitrogens with one attached hydrogen (secondary N) is 2. The van der Waals surface area contributed by atoms with E-state index in [0.29, 0.717) is 6.42 Å². The molecule has 140 valence electrons. The molecule has 1 amide bonds. The van der Waals surface area contributed by atoms with Gasteiger partial charge < -0.3 is 10.1 Å². The molecule has 1 aromatic rings. The van der Waals surface area contributed by atoms with Gasteiger partial charge in [0.15, 0.2) is 6.61 Å². The molecule has 8 heteroatoms. The maximum atomic E-state index is 12.2. The van der Waals surface area contributed by atoms with E-state index in [4.69, 9.17) is 4.74 Å². The van der Waals surface area contributed by atoms with E-state index in [1.54, 1.807) is 6.92 Å². The highest BCUT2D eigenvalue weighted by Gasteiger charge is 2.18. The van der Waals surface area contributed by atoms with E-state index in [1.165, 1.54) is 24.3 Å². The fraction of sp³-hybridized carbons (Fsp3) is 0.529. The molecule has 2 N–H and O–H groups in total. The molecule has 0 aliphatic rings. The van der Waals surface area contributed by atoms with E-state index in [-0.39, 0.29) is 16.5 Å². The average Bonchev–Trinajstić information content (AvgIpc) is 2.50. The second-order valence-corrected chi connectivity index (χ2v) is 8.54. The molecular formula is C17H26N2O5S. The van der Waals surface area contributed by atoms with Crippen LogP contribution in [0.15, 0.2) is 29.2 Å². The van der Waals surface area contributed by atoms with Crippen LogP contribution in [-0.2, 0) is 19.6 Å². The molecule has 1 aromatic carbocycles. The lowest BCUT2D eigenvalue weighted by Gasteiger charge is -2.20. The van der Waals surface area contributed by atoms with Crippen molar-refractivity contribution < 1.29 is 22.7 Å². The van der Waals surface area contributed by atoms with Gasteiger partial charge in [0.1, 0.15) is 0 Å². The second kappa shape index (κ2) is 8.44. The highest BCUT2D eigenvalue weighted by Crippen LogP contribution is 2.12. The van der Waals surface area contributed by atoms with Crippen LogP contribution in [0.25, 0.3) is 0 Å². The number of esters is 1. The third kappa shape index (κ3) is 7.23. The van der Waals surface area contributed by atoms with Crippen LogP contribution >= 0.6 is 0 Å². The molecular weight excluding hydrogens is 344 g/mol. The largest absolute Gasteiger partial charge is 0.452 e. The van der Waals surface area contributed by atoms with Crippen molar-refractivity contribution in [2.24, 2.45) is 0 Å². The number of carbonyl (C=O) groups is 2. The zero-order valence-electron chi connectivity index (χ0n) is 15.3. The Hall–Kier alpha value is -1.93. The van der Waals surface area contributed by atoms with Crippen molar-refractivity contribution in [2.75, 3.05) is 6.61 Å². The van der Waals surface area contributed by atoms with Crippen molar-refractivity contribution in [1.29, 1.82) is 0 Å². The summed E-state index contributed by atoms with van der Waals surface area (Å²) in [5.41, 5.74) is -0.242. The molecule has 25 heavy (non-hydrogen) atoms. The molecule has 0 saturated carbocycles. The zero-order valence-corrected chi connectivity index (χ0v) is 16.1. The van der Waals surface area contributed by atoms with Crippen LogP contribution in [-0.4, -0.2) is 38.5 Å². The quantitative estimate of drug-likeness (QED) is 0.713. The third-order valence-electron chi connectivity index (χ3n) is 3.22. The molecule has 0 heterocycles. The lowest BCUT2D eigenvalue weighted by atomic mass is 10.1. The van der Waals surface area contributed by atoms with Crippen molar-refractivity contribution in [3.05, 3.63) is 29.8 Å². The van der Waals surface area contributed by atoms with E-state index in [2.05, 4.69) is 10.0 Å². The van der Waals surface area contributed by atoms with Gasteiger partial charge >= 0.3 is 5.97 Å². The number of rotatable bonds is 7. The number of carbonyl (C=O) groups excluding carboxylic acids is 2. The first-order valence-electron chi connectivity index (χ1n) is 8.05. The molecule has 0 aliphatic carbocycles. The Bertz CT molecular complexity index is 706. The minimum atomic E-state index is -3.63. The maximum absolute atomic E-state index is 12.2. The van der Waals surface area contributed by atoms with E-state index in [1.807, 2.05) is 27.7 Å². The molecule has 0 spiro atoms. The molecule has 0 fully saturated rings. The highest BCUT2D eigenvalue weighted by atomic mass is 32.2. The number of hydrogen-bond donors (Lipinski definition) is 2. The third-order valence-corrected chi connectivity index (χ3v) is 4.82. The summed E-state index contributed by atoms with van der Waals surface area (Å²) in [6.45, 7) is 8.71. The number of hydrogen-bond acceptors (Lipinski definition) is 5. The highest BCUT2D eigenvalue weighted by molar-refractivity contribution is 7.89. The summed E-state index contributed by atoms with van der Waals surface area (Å²) in [6.07, 6.45) is 0.667. The molecule has 0 aliphatic heterocycles. The van der Waals surface area contributed by atoms with Gasteiger partial charge in [-0.15, -0.1) is 0 Å². The predicted octanol–water partition coefficient (Wildman–Crippen LogP) is 1.83. The molecule has 0 aromatic heterocycles. The summed E-state index contributed by atoms with van der Waals surface area (Å²) in [6, 6.07) is 5.19. The normalized spacial score (nSPS) is 13.2. The Kier molecular flexibility index (Phi) is 7.13. The zero-order chi connectivity index (χ0) is 19.3. The molecule has 1 atom stereocenters. The van der Waals surface area contributed by atoms with Crippen molar-refractivity contribution in [1.82, 2.24) is 10.0 Å². The molecule has 1 rings (SSSR count). The van der Waals surface area contributed by atoms with Gasteiger partial charge in [-0.2, -0.15) is 0 Å². The Labute approximate surface area is 149 Å². The van der Waals surface area contributed by atoms with Crippen molar-refractivity contribution >= 4 is 21.9 Å². The van der Waals surface area contributed by atoms with Crippen molar-refractivity contribution in [2.45, 2.75) is 57.5 Å². The second-order valence-electron chi connectivity index (χ2n) is 6.83. The minimum absolute atomic E-state index is 0.0647. The summed E-state index contributed by atoms with van der Waals surface area (Å²) >= 11 is 0. The van der Waals surface area contributed by atoms with Crippen molar-refractivity contribution in [3.8, 4) is 0 Å². The van der Waals surface area contributed by atoms with E-state index in [9.17, 15) is 18.0 Å². The van der Waals surface area contributed by atoms with Crippen LogP contribution in [0.3, 0.4) is 0 Å². The standard InChI is InChI=1S/C17H26N2O5S/c1-6-12(2)19-25(22,23)14-9-7-13(8-10-14)16(21)24-11-15(20)18-17(3,4)5/h7-10,12,19H,6,11H2,1-5H3,(H,18,20)/t12-/m0/s1. The smallest absolute Gasteiger partial charge is 0.338 e. The van der Waals surface area contributed by atoms with Crippen LogP contribution in [0.4, 0.5) is 0 Å². The predicted molar refractivity (Wildman–Crippen MR) is 94.7 cm³/mol. The van der Waals surface area contributed by atoms with Crippen LogP contribution in [0, 0.1) is 0 Å². The summed E-state index contributed by atoms with van der Waals surface area (Å²) in [5, 5.41) is 2.67. The Balaban J connectivity index is 2.70. The van der Waals surface area contributed by atoms with Gasteiger partial charge in [0.05, 0.1) is 10.5 Å². The minimum Gasteiger partial charge on any atom is -0.452 e. The van der Waals surface area contributed by atoms with Gasteiger partial charge in [0.2, 0.25) is 10.0 Å². The first kappa shape index (κ1) is 21.1. The Morgan fingerprint density at radius 2 is 1.72 bits per heavy atom.